The van der Waals surface area contributed by atoms with Gasteiger partial charge in [0.25, 0.3) is 0 Å². The van der Waals surface area contributed by atoms with E-state index in [4.69, 9.17) is 17.3 Å². The molecule has 2 N–H and O–H groups in total. The van der Waals surface area contributed by atoms with E-state index in [1.165, 1.54) is 0 Å². The van der Waals surface area contributed by atoms with Gasteiger partial charge in [-0.05, 0) is 6.92 Å². The zero-order valence-corrected chi connectivity index (χ0v) is 4.55. The van der Waals surface area contributed by atoms with Crippen LogP contribution >= 0.6 is 24.2 Å². The molecule has 0 fully saturated rings. The summed E-state index contributed by atoms with van der Waals surface area (Å²) in [5, 5.41) is 0. The van der Waals surface area contributed by atoms with Gasteiger partial charge in [0.2, 0.25) is 0 Å². The smallest absolute Gasteiger partial charge is 0.132 e. The lowest BCUT2D eigenvalue weighted by atomic mass is 10.8. The molecule has 3 heteroatoms. The Morgan fingerprint density at radius 2 is 2.00 bits per heavy atom. The summed E-state index contributed by atoms with van der Waals surface area (Å²) in [4.78, 5) is 0. The molecule has 32 valence electrons. The Hall–Kier alpha value is 0.600. The molecular weight excluding hydrogens is 106 g/mol. The summed E-state index contributed by atoms with van der Waals surface area (Å²) in [7, 11) is 0. The zero-order chi connectivity index (χ0) is 4.50. The average Bonchev–Trinajstić information content (AvgIpc) is 0.722. The third kappa shape index (κ3) is 86.4. The van der Waals surface area contributed by atoms with Gasteiger partial charge in [-0.3, -0.25) is 0 Å². The van der Waals surface area contributed by atoms with Crippen LogP contribution in [0.1, 0.15) is 6.92 Å². The number of thiol groups is 1. The van der Waals surface area contributed by atoms with Gasteiger partial charge >= 0.3 is 0 Å². The van der Waals surface area contributed by atoms with E-state index < -0.39 is 4.33 Å². The van der Waals surface area contributed by atoms with E-state index in [-0.39, 0.29) is 0 Å². The predicted molar refractivity (Wildman–Crippen MR) is 27.4 cm³/mol. The molecule has 0 aromatic heterocycles. The molecule has 0 aliphatic carbocycles. The summed E-state index contributed by atoms with van der Waals surface area (Å²) in [6.45, 7) is 1.59. The van der Waals surface area contributed by atoms with Gasteiger partial charge in [0, 0.05) is 0 Å². The Bertz CT molecular complexity index is 25.1. The maximum atomic E-state index is 5.17. The van der Waals surface area contributed by atoms with Crippen LogP contribution in [0.2, 0.25) is 0 Å². The molecule has 0 bridgehead atoms. The highest BCUT2D eigenvalue weighted by Gasteiger charge is 2.00. The molecule has 0 saturated heterocycles. The van der Waals surface area contributed by atoms with Crippen molar-refractivity contribution in [2.45, 2.75) is 11.3 Å². The summed E-state index contributed by atoms with van der Waals surface area (Å²) < 4.78 is -0.833. The highest BCUT2D eigenvalue weighted by molar-refractivity contribution is 7.83. The molecule has 0 aliphatic rings. The third-order valence-corrected chi connectivity index (χ3v) is 0. The van der Waals surface area contributed by atoms with Gasteiger partial charge in [0.15, 0.2) is 0 Å². The van der Waals surface area contributed by atoms with Crippen LogP contribution in [0, 0.1) is 0 Å². The first-order valence-corrected chi connectivity index (χ1v) is 2.03. The number of hydrogen-bond acceptors (Lipinski definition) is 2. The number of halogens is 1. The Morgan fingerprint density at radius 3 is 2.00 bits per heavy atom. The minimum Gasteiger partial charge on any atom is -0.305 e. The molecule has 0 aliphatic heterocycles. The molecule has 0 amide bonds. The van der Waals surface area contributed by atoms with Crippen molar-refractivity contribution >= 4 is 24.2 Å². The highest BCUT2D eigenvalue weighted by atomic mass is 35.5. The second kappa shape index (κ2) is 1.37. The molecule has 1 nitrogen and oxygen atoms in total. The van der Waals surface area contributed by atoms with Gasteiger partial charge in [-0.25, -0.2) is 0 Å². The molecule has 0 aromatic carbocycles. The number of hydrogen-bond donors (Lipinski definition) is 2. The van der Waals surface area contributed by atoms with E-state index in [0.29, 0.717) is 0 Å². The van der Waals surface area contributed by atoms with Crippen LogP contribution in [-0.2, 0) is 0 Å². The van der Waals surface area contributed by atoms with Gasteiger partial charge in [-0.1, -0.05) is 11.6 Å². The Labute approximate surface area is 41.9 Å². The van der Waals surface area contributed by atoms with Crippen LogP contribution in [0.5, 0.6) is 0 Å². The lowest BCUT2D eigenvalue weighted by Crippen LogP contribution is -2.19. The Kier molecular flexibility index (Phi) is 1.53. The Morgan fingerprint density at radius 1 is 2.00 bits per heavy atom. The number of rotatable bonds is 0. The lowest BCUT2D eigenvalue weighted by molar-refractivity contribution is 0.961. The summed E-state index contributed by atoms with van der Waals surface area (Å²) in [5.41, 5.74) is 4.98. The van der Waals surface area contributed by atoms with Crippen LogP contribution in [-0.4, -0.2) is 4.33 Å². The van der Waals surface area contributed by atoms with Crippen molar-refractivity contribution in [1.82, 2.24) is 0 Å². The summed E-state index contributed by atoms with van der Waals surface area (Å²) in [6.07, 6.45) is 0. The fourth-order valence-electron chi connectivity index (χ4n) is 0. The second-order valence-electron chi connectivity index (χ2n) is 1.02. The van der Waals surface area contributed by atoms with Crippen molar-refractivity contribution in [2.24, 2.45) is 5.73 Å². The van der Waals surface area contributed by atoms with Crippen LogP contribution in [0.25, 0.3) is 0 Å². The first-order valence-electron chi connectivity index (χ1n) is 1.20. The molecule has 5 heavy (non-hydrogen) atoms. The Balaban J connectivity index is 3.02. The summed E-state index contributed by atoms with van der Waals surface area (Å²) in [6, 6.07) is 0. The molecule has 0 aromatic rings. The molecule has 0 heterocycles. The van der Waals surface area contributed by atoms with Crippen molar-refractivity contribution in [3.63, 3.8) is 0 Å². The molecular formula is C2H6ClNS. The van der Waals surface area contributed by atoms with E-state index in [1.54, 1.807) is 6.92 Å². The van der Waals surface area contributed by atoms with E-state index in [2.05, 4.69) is 12.6 Å². The lowest BCUT2D eigenvalue weighted by Gasteiger charge is -2.01. The first-order chi connectivity index (χ1) is 2.00. The molecule has 1 atom stereocenters. The molecule has 0 spiro atoms. The maximum Gasteiger partial charge on any atom is 0.132 e. The molecule has 0 radical (unpaired) electrons. The normalized spacial score (nSPS) is 21.6. The van der Waals surface area contributed by atoms with Crippen molar-refractivity contribution in [3.8, 4) is 0 Å². The SMILES string of the molecule is CC(N)(S)Cl. The van der Waals surface area contributed by atoms with Gasteiger partial charge in [-0.15, -0.1) is 12.6 Å². The number of alkyl halides is 1. The fraction of sp³-hybridized carbons (Fsp3) is 1.00. The predicted octanol–water partition coefficient (Wildman–Crippen LogP) is 0.787. The van der Waals surface area contributed by atoms with E-state index in [9.17, 15) is 0 Å². The minimum atomic E-state index is -0.833. The van der Waals surface area contributed by atoms with E-state index in [1.807, 2.05) is 0 Å². The first kappa shape index (κ1) is 5.60. The van der Waals surface area contributed by atoms with Crippen LogP contribution in [0.4, 0.5) is 0 Å². The second-order valence-corrected chi connectivity index (χ2v) is 3.00. The van der Waals surface area contributed by atoms with Crippen molar-refractivity contribution in [2.75, 3.05) is 0 Å². The van der Waals surface area contributed by atoms with Gasteiger partial charge in [0.05, 0.1) is 0 Å². The van der Waals surface area contributed by atoms with Crippen LogP contribution < -0.4 is 5.73 Å². The average molecular weight is 112 g/mol. The fourth-order valence-corrected chi connectivity index (χ4v) is 0. The van der Waals surface area contributed by atoms with E-state index >= 15 is 0 Å². The van der Waals surface area contributed by atoms with Crippen molar-refractivity contribution in [1.29, 1.82) is 0 Å². The molecule has 0 saturated carbocycles. The summed E-state index contributed by atoms with van der Waals surface area (Å²) >= 11 is 8.84. The summed E-state index contributed by atoms with van der Waals surface area (Å²) in [5.74, 6) is 0. The molecule has 0 rings (SSSR count). The topological polar surface area (TPSA) is 26.0 Å². The standard InChI is InChI=1S/C2H6ClNS/c1-2(3,4)5/h5H,4H2,1H3. The molecule has 1 unspecified atom stereocenters. The van der Waals surface area contributed by atoms with Gasteiger partial charge in [-0.2, -0.15) is 0 Å². The van der Waals surface area contributed by atoms with E-state index in [0.717, 1.165) is 0 Å². The number of nitrogens with two attached hydrogens (primary N) is 1. The highest BCUT2D eigenvalue weighted by Crippen LogP contribution is 2.07. The van der Waals surface area contributed by atoms with Crippen molar-refractivity contribution in [3.05, 3.63) is 0 Å². The minimum absolute atomic E-state index is 0.833. The van der Waals surface area contributed by atoms with Crippen LogP contribution in [0.3, 0.4) is 0 Å². The van der Waals surface area contributed by atoms with Crippen LogP contribution in [0.15, 0.2) is 0 Å². The maximum absolute atomic E-state index is 5.17. The van der Waals surface area contributed by atoms with Gasteiger partial charge in [0.1, 0.15) is 4.33 Å². The largest absolute Gasteiger partial charge is 0.305 e. The quantitative estimate of drug-likeness (QED) is 0.206. The zero-order valence-electron chi connectivity index (χ0n) is 2.90. The monoisotopic (exact) mass is 111 g/mol. The van der Waals surface area contributed by atoms with Crippen molar-refractivity contribution < 1.29 is 0 Å². The van der Waals surface area contributed by atoms with Gasteiger partial charge < -0.3 is 5.73 Å². The third-order valence-electron chi connectivity index (χ3n) is 0.